The molecule has 1 aliphatic rings. The van der Waals surface area contributed by atoms with E-state index >= 15 is 0 Å². The van der Waals surface area contributed by atoms with Gasteiger partial charge in [0, 0.05) is 13.1 Å². The van der Waals surface area contributed by atoms with Gasteiger partial charge in [-0.3, -0.25) is 9.59 Å². The molecule has 0 aliphatic carbocycles. The van der Waals surface area contributed by atoms with Crippen LogP contribution in [0.4, 0.5) is 0 Å². The van der Waals surface area contributed by atoms with Crippen LogP contribution >= 0.6 is 0 Å². The van der Waals surface area contributed by atoms with Gasteiger partial charge in [-0.05, 0) is 38.8 Å². The average Bonchev–Trinajstić information content (AvgIpc) is 2.63. The van der Waals surface area contributed by atoms with Crippen LogP contribution in [0.3, 0.4) is 0 Å². The summed E-state index contributed by atoms with van der Waals surface area (Å²) in [4.78, 5) is 26.6. The van der Waals surface area contributed by atoms with Crippen LogP contribution in [0, 0.1) is 12.8 Å². The largest absolute Gasteiger partial charge is 0.454 e. The van der Waals surface area contributed by atoms with Crippen molar-refractivity contribution in [2.75, 3.05) is 19.7 Å². The molecule has 1 amide bonds. The molecule has 1 saturated heterocycles. The zero-order valence-corrected chi connectivity index (χ0v) is 18.4. The number of hydrogen-bond acceptors (Lipinski definition) is 6. The highest BCUT2D eigenvalue weighted by Crippen LogP contribution is 2.14. The molecule has 29 heavy (non-hydrogen) atoms. The Balaban J connectivity index is 2.00. The second-order valence-corrected chi connectivity index (χ2v) is 9.53. The van der Waals surface area contributed by atoms with Gasteiger partial charge in [-0.25, -0.2) is 8.42 Å². The second kappa shape index (κ2) is 9.69. The molecule has 1 heterocycles. The molecule has 0 aromatic heterocycles. The molecule has 0 bridgehead atoms. The lowest BCUT2D eigenvalue weighted by Crippen LogP contribution is -2.50. The zero-order valence-electron chi connectivity index (χ0n) is 17.5. The van der Waals surface area contributed by atoms with Crippen LogP contribution in [-0.4, -0.2) is 63.1 Å². The van der Waals surface area contributed by atoms with Gasteiger partial charge in [0.05, 0.1) is 17.1 Å². The molecule has 1 aliphatic heterocycles. The predicted molar refractivity (Wildman–Crippen MR) is 108 cm³/mol. The summed E-state index contributed by atoms with van der Waals surface area (Å²) in [6, 6.07) is 5.21. The number of rotatable bonds is 7. The van der Waals surface area contributed by atoms with E-state index in [0.717, 1.165) is 5.56 Å². The van der Waals surface area contributed by atoms with Gasteiger partial charge in [-0.15, -0.1) is 0 Å². The second-order valence-electron chi connectivity index (χ2n) is 7.82. The molecule has 1 fully saturated rings. The van der Waals surface area contributed by atoms with Crippen molar-refractivity contribution in [1.82, 2.24) is 9.62 Å². The first kappa shape index (κ1) is 23.3. The van der Waals surface area contributed by atoms with Crippen molar-refractivity contribution < 1.29 is 27.5 Å². The quantitative estimate of drug-likeness (QED) is 0.663. The normalized spacial score (nSPS) is 21.1. The lowest BCUT2D eigenvalue weighted by atomic mass is 10.1. The van der Waals surface area contributed by atoms with E-state index in [1.54, 1.807) is 30.9 Å². The van der Waals surface area contributed by atoms with Crippen LogP contribution in [0.5, 0.6) is 0 Å². The summed E-state index contributed by atoms with van der Waals surface area (Å²) < 4.78 is 38.4. The van der Waals surface area contributed by atoms with E-state index in [9.17, 15) is 18.0 Å². The summed E-state index contributed by atoms with van der Waals surface area (Å²) in [6.07, 6.45) is -0.189. The summed E-state index contributed by atoms with van der Waals surface area (Å²) in [6.45, 7) is 9.42. The van der Waals surface area contributed by atoms with Crippen LogP contribution in [0.2, 0.25) is 0 Å². The number of amides is 1. The third-order valence-corrected chi connectivity index (χ3v) is 6.10. The Bertz CT molecular complexity index is 812. The molecule has 8 nitrogen and oxygen atoms in total. The topological polar surface area (TPSA) is 102 Å². The van der Waals surface area contributed by atoms with Crippen LogP contribution in [-0.2, 0) is 29.1 Å². The number of ether oxygens (including phenoxy) is 2. The third-order valence-electron chi connectivity index (χ3n) is 4.64. The number of nitrogens with one attached hydrogen (secondary N) is 1. The Morgan fingerprint density at radius 2 is 1.72 bits per heavy atom. The monoisotopic (exact) mass is 426 g/mol. The van der Waals surface area contributed by atoms with E-state index in [1.807, 2.05) is 20.8 Å². The van der Waals surface area contributed by atoms with E-state index < -0.39 is 28.6 Å². The van der Waals surface area contributed by atoms with Gasteiger partial charge in [0.1, 0.15) is 6.04 Å². The number of benzene rings is 1. The molecule has 1 aromatic carbocycles. The van der Waals surface area contributed by atoms with E-state index in [-0.39, 0.29) is 28.9 Å². The molecule has 0 radical (unpaired) electrons. The van der Waals surface area contributed by atoms with Gasteiger partial charge in [0.25, 0.3) is 5.91 Å². The molecule has 2 rings (SSSR count). The van der Waals surface area contributed by atoms with E-state index in [1.165, 1.54) is 12.1 Å². The van der Waals surface area contributed by atoms with Crippen molar-refractivity contribution in [1.29, 1.82) is 0 Å². The molecule has 0 spiro atoms. The number of carbonyl (C=O) groups is 2. The number of sulfonamides is 1. The van der Waals surface area contributed by atoms with Crippen molar-refractivity contribution in [2.45, 2.75) is 57.8 Å². The lowest BCUT2D eigenvalue weighted by Gasteiger charge is -2.35. The van der Waals surface area contributed by atoms with Gasteiger partial charge in [-0.1, -0.05) is 31.5 Å². The molecule has 0 unspecified atom stereocenters. The SMILES string of the molecule is Cc1ccc(S(=O)(=O)N[C@H](C(=O)OCC(=O)N2C[C@H](C)O[C@@H](C)C2)C(C)C)cc1. The minimum Gasteiger partial charge on any atom is -0.454 e. The Morgan fingerprint density at radius 1 is 1.17 bits per heavy atom. The first-order valence-electron chi connectivity index (χ1n) is 9.68. The Labute approximate surface area is 172 Å². The number of nitrogens with zero attached hydrogens (tertiary/aromatic N) is 1. The number of esters is 1. The number of hydrogen-bond donors (Lipinski definition) is 1. The maximum Gasteiger partial charge on any atom is 0.324 e. The Morgan fingerprint density at radius 3 is 2.24 bits per heavy atom. The van der Waals surface area contributed by atoms with Gasteiger partial charge in [0.15, 0.2) is 6.61 Å². The fraction of sp³-hybridized carbons (Fsp3) is 0.600. The molecule has 1 aromatic rings. The number of morpholine rings is 1. The van der Waals surface area contributed by atoms with Gasteiger partial charge in [-0.2, -0.15) is 4.72 Å². The van der Waals surface area contributed by atoms with E-state index in [2.05, 4.69) is 4.72 Å². The highest BCUT2D eigenvalue weighted by Gasteiger charge is 2.31. The predicted octanol–water partition coefficient (Wildman–Crippen LogP) is 1.48. The third kappa shape index (κ3) is 6.52. The fourth-order valence-corrected chi connectivity index (χ4v) is 4.44. The zero-order chi connectivity index (χ0) is 21.8. The van der Waals surface area contributed by atoms with Crippen LogP contribution in [0.1, 0.15) is 33.3 Å². The molecule has 3 atom stereocenters. The van der Waals surface area contributed by atoms with E-state index in [0.29, 0.717) is 13.1 Å². The lowest BCUT2D eigenvalue weighted by molar-refractivity contribution is -0.158. The molecular weight excluding hydrogens is 396 g/mol. The maximum atomic E-state index is 12.6. The maximum absolute atomic E-state index is 12.6. The molecular formula is C20H30N2O6S. The van der Waals surface area contributed by atoms with Gasteiger partial charge in [0.2, 0.25) is 10.0 Å². The number of carbonyl (C=O) groups excluding carboxylic acids is 2. The van der Waals surface area contributed by atoms with Crippen LogP contribution in [0.25, 0.3) is 0 Å². The van der Waals surface area contributed by atoms with Crippen molar-refractivity contribution >= 4 is 21.9 Å². The first-order valence-corrected chi connectivity index (χ1v) is 11.2. The molecule has 162 valence electrons. The summed E-state index contributed by atoms with van der Waals surface area (Å²) >= 11 is 0. The van der Waals surface area contributed by atoms with Crippen molar-refractivity contribution in [3.63, 3.8) is 0 Å². The van der Waals surface area contributed by atoms with Crippen molar-refractivity contribution in [3.8, 4) is 0 Å². The summed E-state index contributed by atoms with van der Waals surface area (Å²) in [5.74, 6) is -1.47. The first-order chi connectivity index (χ1) is 13.5. The highest BCUT2D eigenvalue weighted by molar-refractivity contribution is 7.89. The Kier molecular flexibility index (Phi) is 7.79. The van der Waals surface area contributed by atoms with Gasteiger partial charge < -0.3 is 14.4 Å². The summed E-state index contributed by atoms with van der Waals surface area (Å²) in [5.41, 5.74) is 0.925. The minimum atomic E-state index is -3.90. The fourth-order valence-electron chi connectivity index (χ4n) is 3.10. The molecule has 9 heteroatoms. The smallest absolute Gasteiger partial charge is 0.324 e. The van der Waals surface area contributed by atoms with Crippen LogP contribution < -0.4 is 4.72 Å². The molecule has 1 N–H and O–H groups in total. The average molecular weight is 427 g/mol. The summed E-state index contributed by atoms with van der Waals surface area (Å²) in [7, 11) is -3.90. The summed E-state index contributed by atoms with van der Waals surface area (Å²) in [5, 5.41) is 0. The molecule has 0 saturated carbocycles. The van der Waals surface area contributed by atoms with E-state index in [4.69, 9.17) is 9.47 Å². The Hall–Kier alpha value is -1.97. The minimum absolute atomic E-state index is 0.0638. The number of aryl methyl sites for hydroxylation is 1. The standard InChI is InChI=1S/C20H30N2O6S/c1-13(2)19(21-29(25,26)17-8-6-14(3)7-9-17)20(24)27-12-18(23)22-10-15(4)28-16(5)11-22/h6-9,13,15-16,19,21H,10-12H2,1-5H3/t15-,16-,19-/m0/s1. The van der Waals surface area contributed by atoms with Crippen LogP contribution in [0.15, 0.2) is 29.2 Å². The highest BCUT2D eigenvalue weighted by atomic mass is 32.2. The van der Waals surface area contributed by atoms with Crippen molar-refractivity contribution in [2.24, 2.45) is 5.92 Å². The van der Waals surface area contributed by atoms with Gasteiger partial charge >= 0.3 is 5.97 Å². The van der Waals surface area contributed by atoms with Crippen molar-refractivity contribution in [3.05, 3.63) is 29.8 Å².